The highest BCUT2D eigenvalue weighted by Crippen LogP contribution is 2.26. The smallest absolute Gasteiger partial charge is 0.122 e. The van der Waals surface area contributed by atoms with Crippen LogP contribution in [0.25, 0.3) is 0 Å². The lowest BCUT2D eigenvalue weighted by Crippen LogP contribution is -2.03. The molecular formula is C16H21NO. The second-order valence-corrected chi connectivity index (χ2v) is 5.12. The number of hydrogen-bond acceptors (Lipinski definition) is 2. The van der Waals surface area contributed by atoms with Gasteiger partial charge in [0.15, 0.2) is 0 Å². The van der Waals surface area contributed by atoms with Crippen molar-refractivity contribution in [2.45, 2.75) is 40.2 Å². The number of nitrogens with one attached hydrogen (secondary N) is 1. The monoisotopic (exact) mass is 243 g/mol. The summed E-state index contributed by atoms with van der Waals surface area (Å²) in [4.78, 5) is 0. The minimum absolute atomic E-state index is 0.571. The zero-order valence-electron chi connectivity index (χ0n) is 11.6. The lowest BCUT2D eigenvalue weighted by Gasteiger charge is -2.15. The van der Waals surface area contributed by atoms with Gasteiger partial charge in [0.1, 0.15) is 5.76 Å². The molecule has 0 radical (unpaired) electrons. The molecule has 18 heavy (non-hydrogen) atoms. The van der Waals surface area contributed by atoms with Crippen LogP contribution in [-0.4, -0.2) is 0 Å². The van der Waals surface area contributed by atoms with Gasteiger partial charge in [-0.05, 0) is 48.6 Å². The van der Waals surface area contributed by atoms with Crippen molar-refractivity contribution >= 4 is 5.69 Å². The van der Waals surface area contributed by atoms with E-state index in [9.17, 15) is 0 Å². The van der Waals surface area contributed by atoms with Gasteiger partial charge in [0, 0.05) is 5.69 Å². The van der Waals surface area contributed by atoms with E-state index >= 15 is 0 Å². The van der Waals surface area contributed by atoms with Crippen LogP contribution in [0.5, 0.6) is 0 Å². The molecule has 0 fully saturated rings. The number of hydrogen-bond donors (Lipinski definition) is 1. The minimum atomic E-state index is 0.571. The summed E-state index contributed by atoms with van der Waals surface area (Å²) in [6, 6.07) is 8.43. The van der Waals surface area contributed by atoms with Crippen LogP contribution in [0.15, 0.2) is 34.9 Å². The molecule has 1 heterocycles. The lowest BCUT2D eigenvalue weighted by atomic mass is 9.97. The van der Waals surface area contributed by atoms with Crippen molar-refractivity contribution < 1.29 is 4.42 Å². The molecule has 0 saturated carbocycles. The third-order valence-corrected chi connectivity index (χ3v) is 3.24. The number of aryl methyl sites for hydroxylation is 2. The van der Waals surface area contributed by atoms with Crippen molar-refractivity contribution in [2.24, 2.45) is 0 Å². The summed E-state index contributed by atoms with van der Waals surface area (Å²) in [6.45, 7) is 9.50. The van der Waals surface area contributed by atoms with Crippen LogP contribution in [0.1, 0.15) is 42.2 Å². The van der Waals surface area contributed by atoms with Gasteiger partial charge in [0.05, 0.1) is 12.8 Å². The van der Waals surface area contributed by atoms with Crippen molar-refractivity contribution in [2.75, 3.05) is 5.32 Å². The van der Waals surface area contributed by atoms with Gasteiger partial charge in [0.2, 0.25) is 0 Å². The summed E-state index contributed by atoms with van der Waals surface area (Å²) in [6.07, 6.45) is 1.71. The highest BCUT2D eigenvalue weighted by molar-refractivity contribution is 5.58. The molecule has 0 aliphatic heterocycles. The molecule has 0 bridgehead atoms. The fourth-order valence-corrected chi connectivity index (χ4v) is 2.20. The summed E-state index contributed by atoms with van der Waals surface area (Å²) < 4.78 is 5.33. The molecule has 0 aliphatic carbocycles. The second kappa shape index (κ2) is 5.30. The SMILES string of the molecule is Cc1cc(C(C)C)cc(C)c1NCc1ccco1. The van der Waals surface area contributed by atoms with E-state index in [1.165, 1.54) is 22.4 Å². The van der Waals surface area contributed by atoms with Crippen molar-refractivity contribution in [3.8, 4) is 0 Å². The maximum Gasteiger partial charge on any atom is 0.122 e. The van der Waals surface area contributed by atoms with Gasteiger partial charge in [-0.3, -0.25) is 0 Å². The van der Waals surface area contributed by atoms with E-state index in [1.807, 2.05) is 12.1 Å². The van der Waals surface area contributed by atoms with Gasteiger partial charge in [-0.2, -0.15) is 0 Å². The Kier molecular flexibility index (Phi) is 3.75. The molecule has 96 valence electrons. The van der Waals surface area contributed by atoms with Gasteiger partial charge >= 0.3 is 0 Å². The third kappa shape index (κ3) is 2.76. The first kappa shape index (κ1) is 12.7. The quantitative estimate of drug-likeness (QED) is 0.846. The number of anilines is 1. The van der Waals surface area contributed by atoms with Gasteiger partial charge in [-0.1, -0.05) is 26.0 Å². The Morgan fingerprint density at radius 3 is 2.33 bits per heavy atom. The first-order valence-corrected chi connectivity index (χ1v) is 6.45. The predicted molar refractivity (Wildman–Crippen MR) is 76.0 cm³/mol. The zero-order chi connectivity index (χ0) is 13.1. The highest BCUT2D eigenvalue weighted by Gasteiger charge is 2.07. The summed E-state index contributed by atoms with van der Waals surface area (Å²) in [7, 11) is 0. The standard InChI is InChI=1S/C16H21NO/c1-11(2)14-8-12(3)16(13(4)9-14)17-10-15-6-5-7-18-15/h5-9,11,17H,10H2,1-4H3. The van der Waals surface area contributed by atoms with Crippen LogP contribution in [0.3, 0.4) is 0 Å². The van der Waals surface area contributed by atoms with E-state index in [4.69, 9.17) is 4.42 Å². The zero-order valence-corrected chi connectivity index (χ0v) is 11.6. The van der Waals surface area contributed by atoms with Crippen molar-refractivity contribution in [3.63, 3.8) is 0 Å². The largest absolute Gasteiger partial charge is 0.467 e. The molecule has 0 atom stereocenters. The van der Waals surface area contributed by atoms with Crippen LogP contribution < -0.4 is 5.32 Å². The van der Waals surface area contributed by atoms with Crippen LogP contribution >= 0.6 is 0 Å². The normalized spacial score (nSPS) is 10.9. The van der Waals surface area contributed by atoms with Crippen molar-refractivity contribution in [1.82, 2.24) is 0 Å². The number of rotatable bonds is 4. The molecule has 1 aromatic heterocycles. The van der Waals surface area contributed by atoms with Gasteiger partial charge in [-0.25, -0.2) is 0 Å². The number of benzene rings is 1. The highest BCUT2D eigenvalue weighted by atomic mass is 16.3. The fraction of sp³-hybridized carbons (Fsp3) is 0.375. The van der Waals surface area contributed by atoms with E-state index in [2.05, 4.69) is 45.1 Å². The molecule has 1 N–H and O–H groups in total. The third-order valence-electron chi connectivity index (χ3n) is 3.24. The van der Waals surface area contributed by atoms with Crippen LogP contribution in [0.4, 0.5) is 5.69 Å². The average molecular weight is 243 g/mol. The first-order chi connectivity index (χ1) is 8.58. The molecule has 0 aliphatic rings. The van der Waals surface area contributed by atoms with Crippen LogP contribution in [0.2, 0.25) is 0 Å². The molecule has 0 saturated heterocycles. The Bertz CT molecular complexity index is 489. The number of furan rings is 1. The Labute approximate surface area is 109 Å². The van der Waals surface area contributed by atoms with Gasteiger partial charge in [0.25, 0.3) is 0 Å². The maximum absolute atomic E-state index is 5.33. The molecule has 2 heteroatoms. The predicted octanol–water partition coefficient (Wildman–Crippen LogP) is 4.63. The van der Waals surface area contributed by atoms with Crippen molar-refractivity contribution in [1.29, 1.82) is 0 Å². The molecule has 0 spiro atoms. The summed E-state index contributed by atoms with van der Waals surface area (Å²) in [5, 5.41) is 3.46. The summed E-state index contributed by atoms with van der Waals surface area (Å²) in [5.74, 6) is 1.53. The van der Waals surface area contributed by atoms with E-state index < -0.39 is 0 Å². The average Bonchev–Trinajstić information content (AvgIpc) is 2.80. The molecule has 1 aromatic carbocycles. The fourth-order valence-electron chi connectivity index (χ4n) is 2.20. The van der Waals surface area contributed by atoms with Crippen LogP contribution in [-0.2, 0) is 6.54 Å². The molecule has 2 rings (SSSR count). The Morgan fingerprint density at radius 1 is 1.17 bits per heavy atom. The van der Waals surface area contributed by atoms with Crippen molar-refractivity contribution in [3.05, 3.63) is 53.0 Å². The lowest BCUT2D eigenvalue weighted by molar-refractivity contribution is 0.518. The second-order valence-electron chi connectivity index (χ2n) is 5.12. The van der Waals surface area contributed by atoms with Crippen LogP contribution in [0, 0.1) is 13.8 Å². The Hall–Kier alpha value is -1.70. The maximum atomic E-state index is 5.33. The Morgan fingerprint density at radius 2 is 1.83 bits per heavy atom. The first-order valence-electron chi connectivity index (χ1n) is 6.45. The van der Waals surface area contributed by atoms with E-state index in [1.54, 1.807) is 6.26 Å². The summed E-state index contributed by atoms with van der Waals surface area (Å²) >= 11 is 0. The van der Waals surface area contributed by atoms with E-state index in [0.29, 0.717) is 5.92 Å². The minimum Gasteiger partial charge on any atom is -0.467 e. The van der Waals surface area contributed by atoms with E-state index in [-0.39, 0.29) is 0 Å². The van der Waals surface area contributed by atoms with Gasteiger partial charge < -0.3 is 9.73 Å². The molecule has 2 aromatic rings. The van der Waals surface area contributed by atoms with E-state index in [0.717, 1.165) is 12.3 Å². The van der Waals surface area contributed by atoms with Gasteiger partial charge in [-0.15, -0.1) is 0 Å². The topological polar surface area (TPSA) is 25.2 Å². The molecular weight excluding hydrogens is 222 g/mol. The summed E-state index contributed by atoms with van der Waals surface area (Å²) in [5.41, 5.74) is 5.21. The Balaban J connectivity index is 2.18. The molecule has 2 nitrogen and oxygen atoms in total. The molecule has 0 amide bonds. The molecule has 0 unspecified atom stereocenters.